The van der Waals surface area contributed by atoms with E-state index in [0.717, 1.165) is 37.1 Å². The zero-order chi connectivity index (χ0) is 26.4. The molecule has 0 N–H and O–H groups in total. The molecule has 0 aliphatic heterocycles. The highest BCUT2D eigenvalue weighted by molar-refractivity contribution is 7.33. The number of hydrogen-bond acceptors (Lipinski definition) is 7. The zero-order valence-corrected chi connectivity index (χ0v) is 23.6. The van der Waals surface area contributed by atoms with Gasteiger partial charge in [0.1, 0.15) is 24.6 Å². The summed E-state index contributed by atoms with van der Waals surface area (Å²) >= 11 is 25.7. The Morgan fingerprint density at radius 1 is 0.711 bits per heavy atom. The second-order valence-corrected chi connectivity index (χ2v) is 11.7. The molecule has 2 aromatic heterocycles. The quantitative estimate of drug-likeness (QED) is 0.170. The fraction of sp³-hybridized carbons (Fsp3) is 0.333. The van der Waals surface area contributed by atoms with Gasteiger partial charge in [0.2, 0.25) is 0 Å². The molecule has 0 unspecified atom stereocenters. The number of halogens is 4. The van der Waals surface area contributed by atoms with E-state index in [1.807, 2.05) is 0 Å². The SMILES string of the molecule is O=[P+](OCc1c(C2CC2)nnn1-c1c(Cl)cccc1Cl)OCc1c(C2CC2)nnn1-c1c(Cl)cccc1Cl. The summed E-state index contributed by atoms with van der Waals surface area (Å²) in [5.74, 6) is 0.536. The maximum Gasteiger partial charge on any atom is 0.698 e. The number of nitrogens with zero attached hydrogens (tertiary/aromatic N) is 6. The van der Waals surface area contributed by atoms with Gasteiger partial charge in [-0.25, -0.2) is 9.36 Å². The van der Waals surface area contributed by atoms with Crippen LogP contribution >= 0.6 is 54.7 Å². The summed E-state index contributed by atoms with van der Waals surface area (Å²) in [7, 11) is -2.53. The van der Waals surface area contributed by atoms with Crippen LogP contribution in [0.25, 0.3) is 11.4 Å². The molecule has 196 valence electrons. The third-order valence-electron chi connectivity index (χ3n) is 6.43. The van der Waals surface area contributed by atoms with Crippen LogP contribution in [0.15, 0.2) is 36.4 Å². The molecule has 0 atom stereocenters. The summed E-state index contributed by atoms with van der Waals surface area (Å²) in [5.41, 5.74) is 3.79. The Labute approximate surface area is 238 Å². The topological polar surface area (TPSA) is 96.9 Å². The van der Waals surface area contributed by atoms with E-state index in [9.17, 15) is 4.57 Å². The maximum absolute atomic E-state index is 12.9. The summed E-state index contributed by atoms with van der Waals surface area (Å²) in [6.07, 6.45) is 3.98. The van der Waals surface area contributed by atoms with Crippen molar-refractivity contribution in [2.75, 3.05) is 0 Å². The second kappa shape index (κ2) is 10.8. The molecule has 2 aromatic carbocycles. The standard InChI is InChI=1S/C24H20Cl4N6O3P/c25-15-3-1-4-16(26)23(15)33-19(21(29-31-33)13-7-8-13)11-36-38(35)37-12-20-22(14-9-10-14)30-32-34(20)24-17(27)5-2-6-18(24)28/h1-6,13-14H,7-12H2/q+1. The number of hydrogen-bond donors (Lipinski definition) is 0. The summed E-state index contributed by atoms with van der Waals surface area (Å²) in [5, 5.41) is 18.9. The van der Waals surface area contributed by atoms with Gasteiger partial charge in [0, 0.05) is 16.4 Å². The van der Waals surface area contributed by atoms with Crippen molar-refractivity contribution in [1.82, 2.24) is 30.0 Å². The molecule has 0 amide bonds. The van der Waals surface area contributed by atoms with Crippen LogP contribution < -0.4 is 0 Å². The van der Waals surface area contributed by atoms with E-state index in [-0.39, 0.29) is 25.0 Å². The third-order valence-corrected chi connectivity index (χ3v) is 8.33. The number of rotatable bonds is 10. The molecule has 0 spiro atoms. The lowest BCUT2D eigenvalue weighted by molar-refractivity contribution is 0.206. The van der Waals surface area contributed by atoms with Crippen LogP contribution in [0.4, 0.5) is 0 Å². The summed E-state index contributed by atoms with van der Waals surface area (Å²) < 4.78 is 27.3. The first kappa shape index (κ1) is 26.1. The number of para-hydroxylation sites is 2. The molecule has 0 saturated heterocycles. The molecule has 0 radical (unpaired) electrons. The average Bonchev–Trinajstić information content (AvgIpc) is 3.82. The van der Waals surface area contributed by atoms with E-state index in [2.05, 4.69) is 20.6 Å². The Hall–Kier alpha value is -2.10. The molecule has 14 heteroatoms. The van der Waals surface area contributed by atoms with E-state index in [0.29, 0.717) is 42.9 Å². The van der Waals surface area contributed by atoms with Gasteiger partial charge < -0.3 is 0 Å². The van der Waals surface area contributed by atoms with Crippen LogP contribution in [0, 0.1) is 0 Å². The Morgan fingerprint density at radius 2 is 1.08 bits per heavy atom. The summed E-state index contributed by atoms with van der Waals surface area (Å²) in [4.78, 5) is 0. The zero-order valence-electron chi connectivity index (χ0n) is 19.7. The van der Waals surface area contributed by atoms with Crippen molar-refractivity contribution >= 4 is 54.7 Å². The molecule has 2 aliphatic rings. The Kier molecular flexibility index (Phi) is 7.44. The summed E-state index contributed by atoms with van der Waals surface area (Å²) in [6.45, 7) is -0.113. The van der Waals surface area contributed by atoms with Gasteiger partial charge in [0.15, 0.2) is 0 Å². The van der Waals surface area contributed by atoms with Crippen LogP contribution in [0.1, 0.15) is 60.3 Å². The van der Waals surface area contributed by atoms with Crippen molar-refractivity contribution in [2.24, 2.45) is 0 Å². The lowest BCUT2D eigenvalue weighted by Gasteiger charge is -2.10. The molecule has 2 saturated carbocycles. The Morgan fingerprint density at radius 3 is 1.42 bits per heavy atom. The van der Waals surface area contributed by atoms with Crippen LogP contribution in [0.3, 0.4) is 0 Å². The van der Waals surface area contributed by atoms with Crippen molar-refractivity contribution in [3.63, 3.8) is 0 Å². The van der Waals surface area contributed by atoms with E-state index in [1.54, 1.807) is 45.8 Å². The van der Waals surface area contributed by atoms with Gasteiger partial charge in [-0.05, 0) is 49.9 Å². The van der Waals surface area contributed by atoms with Crippen LogP contribution in [0.5, 0.6) is 0 Å². The molecule has 6 rings (SSSR count). The monoisotopic (exact) mass is 611 g/mol. The molecule has 2 heterocycles. The van der Waals surface area contributed by atoms with Gasteiger partial charge in [0.25, 0.3) is 0 Å². The highest BCUT2D eigenvalue weighted by Gasteiger charge is 2.36. The van der Waals surface area contributed by atoms with Gasteiger partial charge >= 0.3 is 8.25 Å². The fourth-order valence-electron chi connectivity index (χ4n) is 4.25. The van der Waals surface area contributed by atoms with E-state index in [1.165, 1.54) is 0 Å². The predicted molar refractivity (Wildman–Crippen MR) is 144 cm³/mol. The molecule has 2 aliphatic carbocycles. The third kappa shape index (κ3) is 5.21. The van der Waals surface area contributed by atoms with Gasteiger partial charge in [-0.15, -0.1) is 19.2 Å². The van der Waals surface area contributed by atoms with E-state index >= 15 is 0 Å². The highest BCUT2D eigenvalue weighted by Crippen LogP contribution is 2.44. The Balaban J connectivity index is 1.21. The molecule has 0 bridgehead atoms. The second-order valence-electron chi connectivity index (χ2n) is 9.13. The van der Waals surface area contributed by atoms with Gasteiger partial charge in [0.05, 0.1) is 42.9 Å². The first-order valence-corrected chi connectivity index (χ1v) is 14.5. The minimum atomic E-state index is -2.53. The minimum absolute atomic E-state index is 0.0566. The molecule has 38 heavy (non-hydrogen) atoms. The van der Waals surface area contributed by atoms with Crippen molar-refractivity contribution in [1.29, 1.82) is 0 Å². The van der Waals surface area contributed by atoms with Crippen LogP contribution in [0.2, 0.25) is 20.1 Å². The van der Waals surface area contributed by atoms with Crippen molar-refractivity contribution < 1.29 is 13.6 Å². The lowest BCUT2D eigenvalue weighted by Crippen LogP contribution is -2.07. The number of benzene rings is 2. The van der Waals surface area contributed by atoms with Gasteiger partial charge in [-0.2, -0.15) is 0 Å². The van der Waals surface area contributed by atoms with Gasteiger partial charge in [-0.1, -0.05) is 69.0 Å². The van der Waals surface area contributed by atoms with E-state index < -0.39 is 8.25 Å². The minimum Gasteiger partial charge on any atom is -0.212 e. The normalized spacial score (nSPS) is 15.3. The smallest absolute Gasteiger partial charge is 0.212 e. The van der Waals surface area contributed by atoms with Crippen LogP contribution in [-0.4, -0.2) is 30.0 Å². The molecule has 9 nitrogen and oxygen atoms in total. The molecular formula is C24H20Cl4N6O3P+. The highest BCUT2D eigenvalue weighted by atomic mass is 35.5. The molecule has 4 aromatic rings. The maximum atomic E-state index is 12.9. The van der Waals surface area contributed by atoms with Crippen molar-refractivity contribution in [3.05, 3.63) is 79.3 Å². The molecule has 2 fully saturated rings. The summed E-state index contributed by atoms with van der Waals surface area (Å²) in [6, 6.07) is 10.4. The van der Waals surface area contributed by atoms with E-state index in [4.69, 9.17) is 55.5 Å². The van der Waals surface area contributed by atoms with Crippen molar-refractivity contribution in [2.45, 2.75) is 50.7 Å². The molecular weight excluding hydrogens is 593 g/mol. The predicted octanol–water partition coefficient (Wildman–Crippen LogP) is 7.61. The average molecular weight is 613 g/mol. The fourth-order valence-corrected chi connectivity index (χ4v) is 5.90. The Bertz CT molecular complexity index is 1380. The largest absolute Gasteiger partial charge is 0.698 e. The van der Waals surface area contributed by atoms with Gasteiger partial charge in [-0.3, -0.25) is 0 Å². The first-order valence-electron chi connectivity index (χ1n) is 11.9. The lowest BCUT2D eigenvalue weighted by atomic mass is 10.2. The first-order chi connectivity index (χ1) is 18.4. The van der Waals surface area contributed by atoms with Crippen LogP contribution in [-0.2, 0) is 26.8 Å². The number of aromatic nitrogens is 6. The van der Waals surface area contributed by atoms with Crippen molar-refractivity contribution in [3.8, 4) is 11.4 Å².